The maximum atomic E-state index is 11.1. The van der Waals surface area contributed by atoms with Crippen LogP contribution in [-0.2, 0) is 4.79 Å². The summed E-state index contributed by atoms with van der Waals surface area (Å²) in [6.07, 6.45) is 3.38. The van der Waals surface area contributed by atoms with E-state index in [-0.39, 0.29) is 5.78 Å². The standard InChI is InChI=1S/C7H12N2O/c1-7(9-8)5-3-2-4-6(7)10/h8H,2-5H2,1H3. The third kappa shape index (κ3) is 1.08. The van der Waals surface area contributed by atoms with Crippen LogP contribution in [-0.4, -0.2) is 11.3 Å². The van der Waals surface area contributed by atoms with Crippen molar-refractivity contribution in [2.45, 2.75) is 38.1 Å². The Kier molecular flexibility index (Phi) is 1.83. The van der Waals surface area contributed by atoms with E-state index >= 15 is 0 Å². The van der Waals surface area contributed by atoms with Crippen molar-refractivity contribution < 1.29 is 4.79 Å². The van der Waals surface area contributed by atoms with Crippen molar-refractivity contribution in [1.82, 2.24) is 0 Å². The van der Waals surface area contributed by atoms with E-state index in [0.29, 0.717) is 6.42 Å². The summed E-state index contributed by atoms with van der Waals surface area (Å²) in [6.45, 7) is 1.75. The van der Waals surface area contributed by atoms with Crippen molar-refractivity contribution in [3.63, 3.8) is 0 Å². The summed E-state index contributed by atoms with van der Waals surface area (Å²) >= 11 is 0. The summed E-state index contributed by atoms with van der Waals surface area (Å²) in [7, 11) is 0. The molecule has 0 heterocycles. The maximum absolute atomic E-state index is 11.1. The number of nitrogens with zero attached hydrogens (tertiary/aromatic N) is 1. The van der Waals surface area contributed by atoms with Gasteiger partial charge in [-0.25, -0.2) is 5.53 Å². The monoisotopic (exact) mass is 140 g/mol. The lowest BCUT2D eigenvalue weighted by Gasteiger charge is -2.25. The highest BCUT2D eigenvalue weighted by Crippen LogP contribution is 2.27. The largest absolute Gasteiger partial charge is 0.297 e. The van der Waals surface area contributed by atoms with Gasteiger partial charge in [0.05, 0.1) is 0 Å². The van der Waals surface area contributed by atoms with E-state index in [0.717, 1.165) is 19.3 Å². The molecule has 0 radical (unpaired) electrons. The summed E-state index contributed by atoms with van der Waals surface area (Å²) in [4.78, 5) is 11.1. The first kappa shape index (κ1) is 7.38. The molecule has 1 unspecified atom stereocenters. The summed E-state index contributed by atoms with van der Waals surface area (Å²) in [5, 5.41) is 3.36. The maximum Gasteiger partial charge on any atom is 0.161 e. The smallest absolute Gasteiger partial charge is 0.161 e. The van der Waals surface area contributed by atoms with E-state index in [1.807, 2.05) is 0 Å². The molecule has 0 aromatic heterocycles. The van der Waals surface area contributed by atoms with Gasteiger partial charge in [-0.05, 0) is 19.8 Å². The zero-order valence-corrected chi connectivity index (χ0v) is 6.18. The van der Waals surface area contributed by atoms with Crippen LogP contribution in [0.1, 0.15) is 32.6 Å². The Balaban J connectivity index is 2.72. The SMILES string of the molecule is CC1(N=N)CCCCC1=O. The second-order valence-corrected chi connectivity index (χ2v) is 3.02. The molecule has 0 aliphatic heterocycles. The molecule has 3 heteroatoms. The second-order valence-electron chi connectivity index (χ2n) is 3.02. The molecule has 0 spiro atoms. The molecule has 3 nitrogen and oxygen atoms in total. The molecule has 0 aromatic rings. The lowest BCUT2D eigenvalue weighted by molar-refractivity contribution is -0.125. The van der Waals surface area contributed by atoms with E-state index in [1.165, 1.54) is 0 Å². The predicted octanol–water partition coefficient (Wildman–Crippen LogP) is 1.92. The average molecular weight is 140 g/mol. The third-order valence-corrected chi connectivity index (χ3v) is 2.16. The molecule has 0 bridgehead atoms. The van der Waals surface area contributed by atoms with E-state index in [4.69, 9.17) is 5.53 Å². The van der Waals surface area contributed by atoms with Crippen LogP contribution in [0, 0.1) is 5.53 Å². The van der Waals surface area contributed by atoms with E-state index in [2.05, 4.69) is 5.11 Å². The number of hydrogen-bond donors (Lipinski definition) is 1. The van der Waals surface area contributed by atoms with Gasteiger partial charge < -0.3 is 0 Å². The topological polar surface area (TPSA) is 53.3 Å². The highest BCUT2D eigenvalue weighted by molar-refractivity contribution is 5.88. The van der Waals surface area contributed by atoms with Crippen molar-refractivity contribution in [2.75, 3.05) is 0 Å². The molecule has 0 saturated heterocycles. The number of carbonyl (C=O) groups is 1. The Morgan fingerprint density at radius 2 is 2.30 bits per heavy atom. The van der Waals surface area contributed by atoms with Crippen LogP contribution in [0.15, 0.2) is 5.11 Å². The fraction of sp³-hybridized carbons (Fsp3) is 0.857. The summed E-state index contributed by atoms with van der Waals surface area (Å²) in [5.74, 6) is 0.133. The van der Waals surface area contributed by atoms with Gasteiger partial charge in [0.1, 0.15) is 5.54 Å². The fourth-order valence-corrected chi connectivity index (χ4v) is 1.28. The number of ketones is 1. The number of rotatable bonds is 1. The Morgan fingerprint density at radius 3 is 2.70 bits per heavy atom. The van der Waals surface area contributed by atoms with Crippen molar-refractivity contribution in [2.24, 2.45) is 5.11 Å². The van der Waals surface area contributed by atoms with Crippen molar-refractivity contribution in [1.29, 1.82) is 5.53 Å². The molecule has 1 N–H and O–H groups in total. The molecular formula is C7H12N2O. The quantitative estimate of drug-likeness (QED) is 0.556. The zero-order chi connectivity index (χ0) is 7.61. The predicted molar refractivity (Wildman–Crippen MR) is 37.0 cm³/mol. The molecule has 1 aliphatic carbocycles. The Morgan fingerprint density at radius 1 is 1.60 bits per heavy atom. The van der Waals surface area contributed by atoms with Gasteiger partial charge in [-0.2, -0.15) is 5.11 Å². The van der Waals surface area contributed by atoms with E-state index in [1.54, 1.807) is 6.92 Å². The van der Waals surface area contributed by atoms with Crippen molar-refractivity contribution in [3.05, 3.63) is 0 Å². The van der Waals surface area contributed by atoms with Crippen LogP contribution < -0.4 is 0 Å². The minimum absolute atomic E-state index is 0.133. The van der Waals surface area contributed by atoms with Gasteiger partial charge in [0.2, 0.25) is 0 Å². The number of nitrogens with one attached hydrogen (secondary N) is 1. The van der Waals surface area contributed by atoms with Gasteiger partial charge in [0, 0.05) is 6.42 Å². The zero-order valence-electron chi connectivity index (χ0n) is 6.18. The first-order chi connectivity index (χ1) is 4.69. The van der Waals surface area contributed by atoms with E-state index in [9.17, 15) is 4.79 Å². The minimum Gasteiger partial charge on any atom is -0.297 e. The van der Waals surface area contributed by atoms with Crippen molar-refractivity contribution in [3.8, 4) is 0 Å². The van der Waals surface area contributed by atoms with Crippen LogP contribution in [0.2, 0.25) is 0 Å². The summed E-state index contributed by atoms with van der Waals surface area (Å²) in [6, 6.07) is 0. The molecule has 1 atom stereocenters. The van der Waals surface area contributed by atoms with Gasteiger partial charge in [-0.1, -0.05) is 6.42 Å². The van der Waals surface area contributed by atoms with Crippen LogP contribution in [0.3, 0.4) is 0 Å². The minimum atomic E-state index is -0.668. The first-order valence-corrected chi connectivity index (χ1v) is 3.61. The fourth-order valence-electron chi connectivity index (χ4n) is 1.28. The number of Topliss-reactive ketones (excluding diaryl/α,β-unsaturated/α-hetero) is 1. The molecule has 56 valence electrons. The summed E-state index contributed by atoms with van der Waals surface area (Å²) in [5.41, 5.74) is 6.16. The van der Waals surface area contributed by atoms with Gasteiger partial charge in [-0.15, -0.1) is 0 Å². The lowest BCUT2D eigenvalue weighted by atomic mass is 9.83. The second kappa shape index (κ2) is 2.48. The molecule has 1 fully saturated rings. The van der Waals surface area contributed by atoms with Gasteiger partial charge in [0.25, 0.3) is 0 Å². The number of carbonyl (C=O) groups excluding carboxylic acids is 1. The highest BCUT2D eigenvalue weighted by atomic mass is 16.1. The van der Waals surface area contributed by atoms with Gasteiger partial charge in [0.15, 0.2) is 5.78 Å². The van der Waals surface area contributed by atoms with Crippen LogP contribution in [0.5, 0.6) is 0 Å². The Hall–Kier alpha value is -0.730. The molecule has 1 saturated carbocycles. The Bertz CT molecular complexity index is 167. The van der Waals surface area contributed by atoms with Gasteiger partial charge >= 0.3 is 0 Å². The van der Waals surface area contributed by atoms with Crippen LogP contribution in [0.4, 0.5) is 0 Å². The molecular weight excluding hydrogens is 128 g/mol. The Labute approximate surface area is 60.3 Å². The number of hydrogen-bond acceptors (Lipinski definition) is 3. The molecule has 0 aromatic carbocycles. The van der Waals surface area contributed by atoms with Gasteiger partial charge in [-0.3, -0.25) is 4.79 Å². The average Bonchev–Trinajstić information content (AvgIpc) is 1.96. The third-order valence-electron chi connectivity index (χ3n) is 2.16. The molecule has 1 rings (SSSR count). The first-order valence-electron chi connectivity index (χ1n) is 3.61. The van der Waals surface area contributed by atoms with E-state index < -0.39 is 5.54 Å². The molecule has 10 heavy (non-hydrogen) atoms. The van der Waals surface area contributed by atoms with Crippen molar-refractivity contribution >= 4 is 5.78 Å². The lowest BCUT2D eigenvalue weighted by Crippen LogP contribution is -2.35. The van der Waals surface area contributed by atoms with Crippen LogP contribution >= 0.6 is 0 Å². The normalized spacial score (nSPS) is 33.9. The summed E-state index contributed by atoms with van der Waals surface area (Å²) < 4.78 is 0. The molecule has 0 amide bonds. The van der Waals surface area contributed by atoms with Crippen LogP contribution in [0.25, 0.3) is 0 Å². The molecule has 1 aliphatic rings. The highest BCUT2D eigenvalue weighted by Gasteiger charge is 2.34.